The molecule has 0 aliphatic rings. The molecule has 1 rings (SSSR count). The lowest BCUT2D eigenvalue weighted by Gasteiger charge is -2.24. The summed E-state index contributed by atoms with van der Waals surface area (Å²) in [4.78, 5) is 22.8. The van der Waals surface area contributed by atoms with E-state index in [0.29, 0.717) is 17.2 Å². The number of amides is 1. The van der Waals surface area contributed by atoms with Crippen molar-refractivity contribution in [2.75, 3.05) is 6.61 Å². The molecule has 110 valence electrons. The quantitative estimate of drug-likeness (QED) is 0.811. The van der Waals surface area contributed by atoms with E-state index >= 15 is 0 Å². The first kappa shape index (κ1) is 16.3. The normalized spacial score (nSPS) is 13.3. The summed E-state index contributed by atoms with van der Waals surface area (Å²) in [7, 11) is 0. The van der Waals surface area contributed by atoms with Gasteiger partial charge in [-0.05, 0) is 31.5 Å². The van der Waals surface area contributed by atoms with Gasteiger partial charge in [-0.2, -0.15) is 0 Å². The van der Waals surface area contributed by atoms with Gasteiger partial charge in [-0.3, -0.25) is 4.79 Å². The highest BCUT2D eigenvalue weighted by atomic mass is 35.5. The van der Waals surface area contributed by atoms with Crippen LogP contribution in [0.25, 0.3) is 0 Å². The maximum Gasteiger partial charge on any atom is 0.329 e. The fourth-order valence-corrected chi connectivity index (χ4v) is 1.66. The third kappa shape index (κ3) is 4.74. The smallest absolute Gasteiger partial charge is 0.329 e. The molecular formula is C14H18ClNO4. The molecule has 6 heteroatoms. The fourth-order valence-electron chi connectivity index (χ4n) is 1.48. The molecule has 0 bridgehead atoms. The number of hydrogen-bond donors (Lipinski definition) is 2. The number of hydrogen-bond acceptors (Lipinski definition) is 3. The summed E-state index contributed by atoms with van der Waals surface area (Å²) in [6.45, 7) is 3.34. The molecule has 1 aromatic carbocycles. The summed E-state index contributed by atoms with van der Waals surface area (Å²) >= 11 is 5.80. The predicted octanol–water partition coefficient (Wildman–Crippen LogP) is 2.48. The summed E-state index contributed by atoms with van der Waals surface area (Å²) in [5.41, 5.74) is -1.24. The molecule has 1 atom stereocenters. The van der Waals surface area contributed by atoms with Crippen molar-refractivity contribution in [1.29, 1.82) is 0 Å². The number of nitrogens with one attached hydrogen (secondary N) is 1. The van der Waals surface area contributed by atoms with Gasteiger partial charge in [0.1, 0.15) is 11.3 Å². The third-order valence-electron chi connectivity index (χ3n) is 2.99. The predicted molar refractivity (Wildman–Crippen MR) is 76.0 cm³/mol. The summed E-state index contributed by atoms with van der Waals surface area (Å²) in [6, 6.07) is 6.85. The van der Waals surface area contributed by atoms with Crippen LogP contribution in [0.4, 0.5) is 0 Å². The maximum absolute atomic E-state index is 11.7. The van der Waals surface area contributed by atoms with E-state index in [9.17, 15) is 9.59 Å². The second kappa shape index (κ2) is 7.14. The molecule has 0 fully saturated rings. The number of ether oxygens (including phenoxy) is 1. The first-order valence-electron chi connectivity index (χ1n) is 6.30. The lowest BCUT2D eigenvalue weighted by molar-refractivity contribution is -0.147. The van der Waals surface area contributed by atoms with Crippen LogP contribution in [0.5, 0.6) is 5.75 Å². The molecule has 1 aromatic rings. The molecule has 0 saturated carbocycles. The van der Waals surface area contributed by atoms with Crippen molar-refractivity contribution in [2.24, 2.45) is 0 Å². The van der Waals surface area contributed by atoms with Gasteiger partial charge >= 0.3 is 5.97 Å². The number of benzene rings is 1. The Morgan fingerprint density at radius 1 is 1.45 bits per heavy atom. The first-order valence-corrected chi connectivity index (χ1v) is 6.68. The molecule has 0 aliphatic heterocycles. The van der Waals surface area contributed by atoms with E-state index in [1.54, 1.807) is 31.2 Å². The number of carboxylic acid groups (broad SMARTS) is 1. The summed E-state index contributed by atoms with van der Waals surface area (Å²) in [6.07, 6.45) is 0.388. The van der Waals surface area contributed by atoms with Crippen LogP contribution in [-0.2, 0) is 9.59 Å². The highest BCUT2D eigenvalue weighted by Gasteiger charge is 2.32. The van der Waals surface area contributed by atoms with Gasteiger partial charge in [0.2, 0.25) is 5.91 Å². The largest absolute Gasteiger partial charge is 0.493 e. The Hall–Kier alpha value is -1.75. The molecule has 1 amide bonds. The van der Waals surface area contributed by atoms with Crippen molar-refractivity contribution in [2.45, 2.75) is 32.2 Å². The lowest BCUT2D eigenvalue weighted by atomic mass is 9.99. The van der Waals surface area contributed by atoms with Gasteiger partial charge in [-0.25, -0.2) is 4.79 Å². The highest BCUT2D eigenvalue weighted by molar-refractivity contribution is 6.30. The van der Waals surface area contributed by atoms with E-state index in [1.807, 2.05) is 0 Å². The van der Waals surface area contributed by atoms with E-state index in [0.717, 1.165) is 0 Å². The van der Waals surface area contributed by atoms with Crippen molar-refractivity contribution in [3.8, 4) is 5.75 Å². The van der Waals surface area contributed by atoms with Crippen LogP contribution < -0.4 is 10.1 Å². The van der Waals surface area contributed by atoms with Crippen LogP contribution >= 0.6 is 11.6 Å². The monoisotopic (exact) mass is 299 g/mol. The molecule has 0 radical (unpaired) electrons. The van der Waals surface area contributed by atoms with Crippen molar-refractivity contribution < 1.29 is 19.4 Å². The third-order valence-corrected chi connectivity index (χ3v) is 3.22. The number of carbonyl (C=O) groups excluding carboxylic acids is 1. The average Bonchev–Trinajstić information content (AvgIpc) is 2.38. The SMILES string of the molecule is CCC(C)(NC(=O)CCOc1cccc(Cl)c1)C(=O)O. The Kier molecular flexibility index (Phi) is 5.82. The number of aliphatic carboxylic acids is 1. The van der Waals surface area contributed by atoms with Crippen LogP contribution in [0.1, 0.15) is 26.7 Å². The molecule has 0 aliphatic carbocycles. The Balaban J connectivity index is 2.42. The zero-order valence-electron chi connectivity index (χ0n) is 11.5. The first-order chi connectivity index (χ1) is 9.37. The Bertz CT molecular complexity index is 492. The van der Waals surface area contributed by atoms with Gasteiger partial charge in [0.25, 0.3) is 0 Å². The standard InChI is InChI=1S/C14H18ClNO4/c1-3-14(2,13(18)19)16-12(17)7-8-20-11-6-4-5-10(15)9-11/h4-6,9H,3,7-8H2,1-2H3,(H,16,17)(H,18,19). The van der Waals surface area contributed by atoms with Crippen LogP contribution in [0.3, 0.4) is 0 Å². The zero-order valence-corrected chi connectivity index (χ0v) is 12.2. The van der Waals surface area contributed by atoms with Crippen LogP contribution in [0.15, 0.2) is 24.3 Å². The van der Waals surface area contributed by atoms with E-state index in [4.69, 9.17) is 21.4 Å². The van der Waals surface area contributed by atoms with Crippen LogP contribution in [-0.4, -0.2) is 29.1 Å². The summed E-state index contributed by atoms with van der Waals surface area (Å²) < 4.78 is 5.37. The average molecular weight is 300 g/mol. The molecule has 0 aromatic heterocycles. The molecule has 0 saturated heterocycles. The molecule has 0 heterocycles. The molecule has 0 spiro atoms. The Morgan fingerprint density at radius 2 is 2.15 bits per heavy atom. The van der Waals surface area contributed by atoms with Gasteiger partial charge < -0.3 is 15.2 Å². The van der Waals surface area contributed by atoms with E-state index in [2.05, 4.69) is 5.32 Å². The number of rotatable bonds is 7. The van der Waals surface area contributed by atoms with Crippen molar-refractivity contribution in [1.82, 2.24) is 5.32 Å². The Labute approximate surface area is 122 Å². The number of carbonyl (C=O) groups is 2. The van der Waals surface area contributed by atoms with Crippen LogP contribution in [0, 0.1) is 0 Å². The second-order valence-electron chi connectivity index (χ2n) is 4.59. The lowest BCUT2D eigenvalue weighted by Crippen LogP contribution is -2.51. The minimum absolute atomic E-state index is 0.0788. The van der Waals surface area contributed by atoms with Gasteiger partial charge in [0.15, 0.2) is 0 Å². The van der Waals surface area contributed by atoms with E-state index in [-0.39, 0.29) is 18.9 Å². The van der Waals surface area contributed by atoms with Gasteiger partial charge in [-0.15, -0.1) is 0 Å². The molecule has 5 nitrogen and oxygen atoms in total. The van der Waals surface area contributed by atoms with Gasteiger partial charge in [0.05, 0.1) is 13.0 Å². The molecule has 2 N–H and O–H groups in total. The maximum atomic E-state index is 11.7. The highest BCUT2D eigenvalue weighted by Crippen LogP contribution is 2.17. The van der Waals surface area contributed by atoms with Crippen molar-refractivity contribution >= 4 is 23.5 Å². The van der Waals surface area contributed by atoms with Crippen molar-refractivity contribution in [3.05, 3.63) is 29.3 Å². The van der Waals surface area contributed by atoms with E-state index < -0.39 is 11.5 Å². The summed E-state index contributed by atoms with van der Waals surface area (Å²) in [5.74, 6) is -0.843. The summed E-state index contributed by atoms with van der Waals surface area (Å²) in [5, 5.41) is 12.1. The van der Waals surface area contributed by atoms with Crippen LogP contribution in [0.2, 0.25) is 5.02 Å². The Morgan fingerprint density at radius 3 is 2.70 bits per heavy atom. The minimum Gasteiger partial charge on any atom is -0.493 e. The fraction of sp³-hybridized carbons (Fsp3) is 0.429. The minimum atomic E-state index is -1.24. The molecular weight excluding hydrogens is 282 g/mol. The number of carboxylic acids is 1. The zero-order chi connectivity index (χ0) is 15.2. The number of halogens is 1. The van der Waals surface area contributed by atoms with Gasteiger partial charge in [-0.1, -0.05) is 24.6 Å². The molecule has 1 unspecified atom stereocenters. The topological polar surface area (TPSA) is 75.6 Å². The van der Waals surface area contributed by atoms with Crippen molar-refractivity contribution in [3.63, 3.8) is 0 Å². The van der Waals surface area contributed by atoms with Gasteiger partial charge in [0, 0.05) is 5.02 Å². The van der Waals surface area contributed by atoms with E-state index in [1.165, 1.54) is 6.92 Å². The second-order valence-corrected chi connectivity index (χ2v) is 5.03. The molecule has 20 heavy (non-hydrogen) atoms.